The van der Waals surface area contributed by atoms with Crippen LogP contribution in [0, 0.1) is 23.0 Å². The number of halogens is 3. The lowest BCUT2D eigenvalue weighted by Crippen LogP contribution is -2.48. The van der Waals surface area contributed by atoms with Gasteiger partial charge in [-0.25, -0.2) is 13.8 Å². The van der Waals surface area contributed by atoms with Gasteiger partial charge in [0.2, 0.25) is 0 Å². The summed E-state index contributed by atoms with van der Waals surface area (Å²) in [5.41, 5.74) is 1.88. The molecule has 0 unspecified atom stereocenters. The van der Waals surface area contributed by atoms with Crippen molar-refractivity contribution in [3.05, 3.63) is 70.8 Å². The minimum atomic E-state index is -0.414. The fourth-order valence-electron chi connectivity index (χ4n) is 3.51. The van der Waals surface area contributed by atoms with E-state index in [0.29, 0.717) is 23.6 Å². The van der Waals surface area contributed by atoms with E-state index in [1.54, 1.807) is 12.1 Å². The molecule has 0 radical (unpaired) electrons. The molecule has 31 heavy (non-hydrogen) atoms. The minimum absolute atomic E-state index is 0. The summed E-state index contributed by atoms with van der Waals surface area (Å²) in [6.07, 6.45) is 1.94. The van der Waals surface area contributed by atoms with E-state index in [4.69, 9.17) is 5.26 Å². The lowest BCUT2D eigenvalue weighted by atomic mass is 10.0. The Morgan fingerprint density at radius 3 is 2.48 bits per heavy atom. The lowest BCUT2D eigenvalue weighted by molar-refractivity contribution is 0.198. The Balaban J connectivity index is 0.00000341. The number of benzene rings is 2. The highest BCUT2D eigenvalue weighted by Gasteiger charge is 2.20. The van der Waals surface area contributed by atoms with Crippen molar-refractivity contribution in [1.29, 1.82) is 5.26 Å². The monoisotopic (exact) mass is 539 g/mol. The molecular weight excluding hydrogens is 511 g/mol. The van der Waals surface area contributed by atoms with Crippen LogP contribution in [0.2, 0.25) is 0 Å². The van der Waals surface area contributed by atoms with E-state index in [-0.39, 0.29) is 42.4 Å². The molecule has 2 N–H and O–H groups in total. The second kappa shape index (κ2) is 12.6. The molecule has 0 aliphatic carbocycles. The molecule has 1 heterocycles. The quantitative estimate of drug-likeness (QED) is 0.329. The highest BCUT2D eigenvalue weighted by atomic mass is 127. The fraction of sp³-hybridized carbons (Fsp3) is 0.391. The van der Waals surface area contributed by atoms with Crippen molar-refractivity contribution in [3.63, 3.8) is 0 Å². The number of likely N-dealkylation sites (tertiary alicyclic amines) is 1. The number of hydrogen-bond acceptors (Lipinski definition) is 3. The molecule has 0 bridgehead atoms. The average Bonchev–Trinajstić information content (AvgIpc) is 2.75. The fourth-order valence-corrected chi connectivity index (χ4v) is 3.51. The van der Waals surface area contributed by atoms with Gasteiger partial charge in [0.15, 0.2) is 5.96 Å². The first-order valence-electron chi connectivity index (χ1n) is 10.3. The van der Waals surface area contributed by atoms with Gasteiger partial charge in [-0.15, -0.1) is 24.0 Å². The zero-order chi connectivity index (χ0) is 21.3. The molecule has 1 saturated heterocycles. The Kier molecular flexibility index (Phi) is 10.1. The predicted octanol–water partition coefficient (Wildman–Crippen LogP) is 4.17. The van der Waals surface area contributed by atoms with Crippen LogP contribution in [0.4, 0.5) is 8.78 Å². The topological polar surface area (TPSA) is 63.5 Å². The van der Waals surface area contributed by atoms with Crippen LogP contribution < -0.4 is 10.6 Å². The van der Waals surface area contributed by atoms with Crippen molar-refractivity contribution in [3.8, 4) is 6.07 Å². The van der Waals surface area contributed by atoms with Crippen molar-refractivity contribution >= 4 is 29.9 Å². The normalized spacial score (nSPS) is 15.1. The zero-order valence-electron chi connectivity index (χ0n) is 17.6. The molecule has 2 aromatic carbocycles. The number of guanidine groups is 1. The first-order chi connectivity index (χ1) is 14.6. The minimum Gasteiger partial charge on any atom is -0.357 e. The van der Waals surface area contributed by atoms with Crippen molar-refractivity contribution < 1.29 is 8.78 Å². The van der Waals surface area contributed by atoms with Gasteiger partial charge in [-0.05, 0) is 49.6 Å². The average molecular weight is 539 g/mol. The Morgan fingerprint density at radius 1 is 1.16 bits per heavy atom. The van der Waals surface area contributed by atoms with E-state index in [9.17, 15) is 8.78 Å². The summed E-state index contributed by atoms with van der Waals surface area (Å²) in [5, 5.41) is 15.5. The molecule has 3 rings (SSSR count). The van der Waals surface area contributed by atoms with Crippen LogP contribution >= 0.6 is 24.0 Å². The van der Waals surface area contributed by atoms with E-state index < -0.39 is 5.82 Å². The molecule has 0 saturated carbocycles. The summed E-state index contributed by atoms with van der Waals surface area (Å²) in [6, 6.07) is 13.3. The van der Waals surface area contributed by atoms with Gasteiger partial charge in [0.1, 0.15) is 11.6 Å². The molecule has 5 nitrogen and oxygen atoms in total. The van der Waals surface area contributed by atoms with Crippen molar-refractivity contribution in [2.75, 3.05) is 19.6 Å². The van der Waals surface area contributed by atoms with Crippen LogP contribution in [0.5, 0.6) is 0 Å². The third-order valence-corrected chi connectivity index (χ3v) is 5.18. The Labute approximate surface area is 199 Å². The molecule has 1 fully saturated rings. The molecule has 1 aliphatic heterocycles. The van der Waals surface area contributed by atoms with Crippen LogP contribution in [0.15, 0.2) is 47.5 Å². The van der Waals surface area contributed by atoms with E-state index in [2.05, 4.69) is 20.5 Å². The van der Waals surface area contributed by atoms with Gasteiger partial charge in [-0.1, -0.05) is 18.2 Å². The maximum Gasteiger partial charge on any atom is 0.191 e. The van der Waals surface area contributed by atoms with Gasteiger partial charge >= 0.3 is 0 Å². The van der Waals surface area contributed by atoms with Crippen LogP contribution in [0.25, 0.3) is 0 Å². The van der Waals surface area contributed by atoms with Crippen LogP contribution in [-0.2, 0) is 13.1 Å². The second-order valence-corrected chi connectivity index (χ2v) is 7.43. The van der Waals surface area contributed by atoms with E-state index >= 15 is 0 Å². The van der Waals surface area contributed by atoms with Gasteiger partial charge in [0, 0.05) is 37.8 Å². The third-order valence-electron chi connectivity index (χ3n) is 5.18. The first kappa shape index (κ1) is 25.0. The van der Waals surface area contributed by atoms with Crippen LogP contribution in [0.1, 0.15) is 36.5 Å². The lowest BCUT2D eigenvalue weighted by Gasteiger charge is -2.33. The molecule has 8 heteroatoms. The van der Waals surface area contributed by atoms with E-state index in [1.807, 2.05) is 25.1 Å². The zero-order valence-corrected chi connectivity index (χ0v) is 19.9. The summed E-state index contributed by atoms with van der Waals surface area (Å²) >= 11 is 0. The molecular formula is C23H28F2IN5. The highest BCUT2D eigenvalue weighted by Crippen LogP contribution is 2.15. The summed E-state index contributed by atoms with van der Waals surface area (Å²) in [4.78, 5) is 6.87. The SMILES string of the molecule is CCNC(=NCc1ccc(C#N)cc1F)NC1CCN(Cc2ccc(F)cc2)CC1.I. The molecule has 1 aliphatic rings. The van der Waals surface area contributed by atoms with Crippen molar-refractivity contribution in [1.82, 2.24) is 15.5 Å². The van der Waals surface area contributed by atoms with Crippen molar-refractivity contribution in [2.24, 2.45) is 4.99 Å². The van der Waals surface area contributed by atoms with Crippen molar-refractivity contribution in [2.45, 2.75) is 38.9 Å². The number of aliphatic imine (C=N–C) groups is 1. The highest BCUT2D eigenvalue weighted by molar-refractivity contribution is 14.0. The van der Waals surface area contributed by atoms with E-state index in [1.165, 1.54) is 18.2 Å². The maximum atomic E-state index is 14.1. The summed E-state index contributed by atoms with van der Waals surface area (Å²) in [7, 11) is 0. The molecule has 0 spiro atoms. The largest absolute Gasteiger partial charge is 0.357 e. The summed E-state index contributed by atoms with van der Waals surface area (Å²) in [5.74, 6) is 0.0405. The van der Waals surface area contributed by atoms with Gasteiger partial charge < -0.3 is 10.6 Å². The summed E-state index contributed by atoms with van der Waals surface area (Å²) < 4.78 is 27.1. The van der Waals surface area contributed by atoms with Gasteiger partial charge in [0.05, 0.1) is 18.2 Å². The number of rotatable bonds is 6. The second-order valence-electron chi connectivity index (χ2n) is 7.43. The standard InChI is InChI=1S/C23H27F2N5.HI/c1-2-27-23(28-15-19-6-3-18(14-26)13-22(19)25)29-21-9-11-30(12-10-21)16-17-4-7-20(24)8-5-17;/h3-8,13,21H,2,9-12,15-16H2,1H3,(H2,27,28,29);1H. The number of nitrogens with one attached hydrogen (secondary N) is 2. The smallest absolute Gasteiger partial charge is 0.191 e. The molecule has 166 valence electrons. The maximum absolute atomic E-state index is 14.1. The summed E-state index contributed by atoms with van der Waals surface area (Å²) in [6.45, 7) is 5.61. The first-order valence-corrected chi connectivity index (χ1v) is 10.3. The molecule has 0 aromatic heterocycles. The van der Waals surface area contributed by atoms with Gasteiger partial charge in [-0.3, -0.25) is 4.90 Å². The third kappa shape index (κ3) is 7.74. The van der Waals surface area contributed by atoms with Crippen LogP contribution in [-0.4, -0.2) is 36.5 Å². The van der Waals surface area contributed by atoms with Gasteiger partial charge in [-0.2, -0.15) is 5.26 Å². The number of hydrogen-bond donors (Lipinski definition) is 2. The number of nitriles is 1. The van der Waals surface area contributed by atoms with Gasteiger partial charge in [0.25, 0.3) is 0 Å². The Morgan fingerprint density at radius 2 is 1.87 bits per heavy atom. The van der Waals surface area contributed by atoms with Crippen LogP contribution in [0.3, 0.4) is 0 Å². The predicted molar refractivity (Wildman–Crippen MR) is 129 cm³/mol. The molecule has 0 atom stereocenters. The van der Waals surface area contributed by atoms with E-state index in [0.717, 1.165) is 38.0 Å². The Hall–Kier alpha value is -2.25. The number of piperidine rings is 1. The molecule has 0 amide bonds. The molecule has 2 aromatic rings. The Bertz CT molecular complexity index is 903. The number of nitrogens with zero attached hydrogens (tertiary/aromatic N) is 3.